The van der Waals surface area contributed by atoms with Crippen LogP contribution < -0.4 is 0 Å². The van der Waals surface area contributed by atoms with Crippen LogP contribution in [0.15, 0.2) is 0 Å². The van der Waals surface area contributed by atoms with Gasteiger partial charge >= 0.3 is 0 Å². The standard InChI is InChI=1S/C20H38BNO2/c1-4-6-8-10-12-17(13-11-9-7-5-2)18-14-19(23)22(20(18)24)15-16(3)21/h16-18H,4-15,21H2,1-3H3. The smallest absolute Gasteiger partial charge is 0.233 e. The molecule has 1 aliphatic rings. The van der Waals surface area contributed by atoms with Crippen molar-refractivity contribution in [2.75, 3.05) is 6.54 Å². The van der Waals surface area contributed by atoms with Crippen molar-refractivity contribution in [2.24, 2.45) is 11.8 Å². The minimum atomic E-state index is -0.0421. The van der Waals surface area contributed by atoms with E-state index >= 15 is 0 Å². The van der Waals surface area contributed by atoms with Gasteiger partial charge in [0.15, 0.2) is 0 Å². The molecule has 1 heterocycles. The van der Waals surface area contributed by atoms with Gasteiger partial charge in [0.1, 0.15) is 7.85 Å². The third-order valence-corrected chi connectivity index (χ3v) is 5.25. The summed E-state index contributed by atoms with van der Waals surface area (Å²) in [6, 6.07) is 0. The maximum absolute atomic E-state index is 12.8. The van der Waals surface area contributed by atoms with Crippen LogP contribution in [-0.2, 0) is 9.59 Å². The number of likely N-dealkylation sites (tertiary alicyclic amines) is 1. The quantitative estimate of drug-likeness (QED) is 0.285. The predicted octanol–water partition coefficient (Wildman–Crippen LogP) is 4.36. The highest BCUT2D eigenvalue weighted by atomic mass is 16.2. The Labute approximate surface area is 150 Å². The summed E-state index contributed by atoms with van der Waals surface area (Å²) in [6.45, 7) is 7.11. The maximum atomic E-state index is 12.8. The van der Waals surface area contributed by atoms with Gasteiger partial charge in [-0.1, -0.05) is 78.0 Å². The number of hydrogen-bond donors (Lipinski definition) is 0. The Hall–Kier alpha value is -0.795. The van der Waals surface area contributed by atoms with Crippen LogP contribution in [0.25, 0.3) is 0 Å². The predicted molar refractivity (Wildman–Crippen MR) is 104 cm³/mol. The first kappa shape index (κ1) is 21.2. The molecule has 1 rings (SSSR count). The fourth-order valence-corrected chi connectivity index (χ4v) is 3.85. The summed E-state index contributed by atoms with van der Waals surface area (Å²) in [5, 5.41) is 0. The SMILES string of the molecule is BC(C)CN1C(=O)CC(C(CCCCCC)CCCCCC)C1=O. The van der Waals surface area contributed by atoms with E-state index < -0.39 is 0 Å². The van der Waals surface area contributed by atoms with Gasteiger partial charge in [-0.2, -0.15) is 0 Å². The molecule has 24 heavy (non-hydrogen) atoms. The molecule has 2 atom stereocenters. The average molecular weight is 335 g/mol. The Balaban J connectivity index is 2.62. The van der Waals surface area contributed by atoms with Crippen molar-refractivity contribution in [2.45, 2.75) is 97.2 Å². The fourth-order valence-electron chi connectivity index (χ4n) is 3.85. The molecule has 0 radical (unpaired) electrons. The molecule has 0 aromatic heterocycles. The molecular weight excluding hydrogens is 297 g/mol. The number of carbonyl (C=O) groups excluding carboxylic acids is 2. The number of imide groups is 1. The van der Waals surface area contributed by atoms with E-state index in [-0.39, 0.29) is 17.7 Å². The van der Waals surface area contributed by atoms with Crippen LogP contribution in [0.4, 0.5) is 0 Å². The van der Waals surface area contributed by atoms with Crippen molar-refractivity contribution in [3.8, 4) is 0 Å². The second-order valence-corrected chi connectivity index (χ2v) is 8.01. The van der Waals surface area contributed by atoms with E-state index in [2.05, 4.69) is 28.6 Å². The summed E-state index contributed by atoms with van der Waals surface area (Å²) in [4.78, 5) is 26.6. The normalized spacial score (nSPS) is 19.5. The Bertz CT molecular complexity index is 372. The van der Waals surface area contributed by atoms with Crippen LogP contribution >= 0.6 is 0 Å². The summed E-state index contributed by atoms with van der Waals surface area (Å²) >= 11 is 0. The lowest BCUT2D eigenvalue weighted by Gasteiger charge is -2.23. The number of rotatable bonds is 13. The monoisotopic (exact) mass is 335 g/mol. The third kappa shape index (κ3) is 6.98. The zero-order chi connectivity index (χ0) is 17.9. The van der Waals surface area contributed by atoms with E-state index in [4.69, 9.17) is 0 Å². The lowest BCUT2D eigenvalue weighted by Crippen LogP contribution is -2.34. The van der Waals surface area contributed by atoms with Crippen molar-refractivity contribution in [1.29, 1.82) is 0 Å². The van der Waals surface area contributed by atoms with Crippen molar-refractivity contribution in [3.05, 3.63) is 0 Å². The Morgan fingerprint density at radius 3 is 2.00 bits per heavy atom. The van der Waals surface area contributed by atoms with Gasteiger partial charge in [-0.25, -0.2) is 0 Å². The second-order valence-electron chi connectivity index (χ2n) is 8.01. The van der Waals surface area contributed by atoms with Crippen LogP contribution in [0.1, 0.15) is 91.4 Å². The van der Waals surface area contributed by atoms with Gasteiger partial charge in [-0.05, 0) is 18.8 Å². The van der Waals surface area contributed by atoms with E-state index in [0.717, 1.165) is 12.8 Å². The van der Waals surface area contributed by atoms with Crippen molar-refractivity contribution < 1.29 is 9.59 Å². The van der Waals surface area contributed by atoms with E-state index in [9.17, 15) is 9.59 Å². The van der Waals surface area contributed by atoms with Crippen LogP contribution in [0, 0.1) is 11.8 Å². The molecule has 1 saturated heterocycles. The Kier molecular flexibility index (Phi) is 10.4. The molecular formula is C20H38BNO2. The highest BCUT2D eigenvalue weighted by Crippen LogP contribution is 2.34. The number of carbonyl (C=O) groups is 2. The minimum absolute atomic E-state index is 0.0421. The Morgan fingerprint density at radius 2 is 1.54 bits per heavy atom. The summed E-state index contributed by atoms with van der Waals surface area (Å²) in [5.74, 6) is 0.895. The summed E-state index contributed by atoms with van der Waals surface area (Å²) in [7, 11) is 2.07. The summed E-state index contributed by atoms with van der Waals surface area (Å²) in [5.41, 5.74) is 0. The van der Waals surface area contributed by atoms with Crippen LogP contribution in [-0.4, -0.2) is 31.1 Å². The molecule has 1 fully saturated rings. The first-order valence-electron chi connectivity index (χ1n) is 10.3. The highest BCUT2D eigenvalue weighted by molar-refractivity contribution is 6.12. The lowest BCUT2D eigenvalue weighted by atomic mass is 9.82. The molecule has 0 aliphatic carbocycles. The second kappa shape index (κ2) is 11.7. The number of hydrogen-bond acceptors (Lipinski definition) is 2. The molecule has 0 N–H and O–H groups in total. The van der Waals surface area contributed by atoms with Crippen molar-refractivity contribution in [3.63, 3.8) is 0 Å². The first-order valence-corrected chi connectivity index (χ1v) is 10.3. The molecule has 2 amide bonds. The molecule has 0 aromatic carbocycles. The van der Waals surface area contributed by atoms with Gasteiger partial charge in [0.2, 0.25) is 11.8 Å². The van der Waals surface area contributed by atoms with E-state index in [0.29, 0.717) is 24.7 Å². The van der Waals surface area contributed by atoms with Crippen molar-refractivity contribution in [1.82, 2.24) is 4.90 Å². The lowest BCUT2D eigenvalue weighted by molar-refractivity contribution is -0.139. The topological polar surface area (TPSA) is 37.4 Å². The average Bonchev–Trinajstić information content (AvgIpc) is 2.81. The minimum Gasteiger partial charge on any atom is -0.283 e. The zero-order valence-corrected chi connectivity index (χ0v) is 16.5. The van der Waals surface area contributed by atoms with E-state index in [1.165, 1.54) is 51.4 Å². The fraction of sp³-hybridized carbons (Fsp3) is 0.900. The van der Waals surface area contributed by atoms with Crippen LogP contribution in [0.3, 0.4) is 0 Å². The summed E-state index contributed by atoms with van der Waals surface area (Å²) < 4.78 is 0. The van der Waals surface area contributed by atoms with Crippen molar-refractivity contribution >= 4 is 19.7 Å². The van der Waals surface area contributed by atoms with Gasteiger partial charge in [-0.3, -0.25) is 14.5 Å². The number of unbranched alkanes of at least 4 members (excludes halogenated alkanes) is 6. The molecule has 0 saturated carbocycles. The van der Waals surface area contributed by atoms with Crippen LogP contribution in [0.2, 0.25) is 5.82 Å². The Morgan fingerprint density at radius 1 is 1.00 bits per heavy atom. The first-order chi connectivity index (χ1) is 11.5. The number of amides is 2. The highest BCUT2D eigenvalue weighted by Gasteiger charge is 2.42. The zero-order valence-electron chi connectivity index (χ0n) is 16.5. The number of nitrogens with zero attached hydrogens (tertiary/aromatic N) is 1. The maximum Gasteiger partial charge on any atom is 0.233 e. The van der Waals surface area contributed by atoms with E-state index in [1.807, 2.05) is 0 Å². The molecule has 0 spiro atoms. The molecule has 138 valence electrons. The largest absolute Gasteiger partial charge is 0.283 e. The third-order valence-electron chi connectivity index (χ3n) is 5.25. The summed E-state index contributed by atoms with van der Waals surface area (Å²) in [6.07, 6.45) is 12.6. The van der Waals surface area contributed by atoms with E-state index in [1.54, 1.807) is 4.90 Å². The van der Waals surface area contributed by atoms with Gasteiger partial charge in [0.25, 0.3) is 0 Å². The van der Waals surface area contributed by atoms with Gasteiger partial charge in [0.05, 0.1) is 5.92 Å². The molecule has 2 unspecified atom stereocenters. The van der Waals surface area contributed by atoms with Crippen LogP contribution in [0.5, 0.6) is 0 Å². The van der Waals surface area contributed by atoms with Gasteiger partial charge in [-0.15, -0.1) is 0 Å². The molecule has 1 aliphatic heterocycles. The molecule has 0 bridgehead atoms. The molecule has 3 nitrogen and oxygen atoms in total. The van der Waals surface area contributed by atoms with Gasteiger partial charge < -0.3 is 0 Å². The molecule has 4 heteroatoms. The van der Waals surface area contributed by atoms with Gasteiger partial charge in [0, 0.05) is 13.0 Å². The molecule has 0 aromatic rings.